The highest BCUT2D eigenvalue weighted by molar-refractivity contribution is 5.66. The van der Waals surface area contributed by atoms with Crippen molar-refractivity contribution in [1.82, 2.24) is 4.90 Å². The number of nitrogens with zero attached hydrogens (tertiary/aromatic N) is 1. The molecule has 1 aromatic carbocycles. The fourth-order valence-corrected chi connectivity index (χ4v) is 2.48. The summed E-state index contributed by atoms with van der Waals surface area (Å²) in [6.07, 6.45) is 4.69. The molecular formula is C17H25N. The van der Waals surface area contributed by atoms with Crippen LogP contribution in [0.5, 0.6) is 0 Å². The van der Waals surface area contributed by atoms with Gasteiger partial charge in [0, 0.05) is 13.1 Å². The van der Waals surface area contributed by atoms with Crippen molar-refractivity contribution >= 4 is 5.57 Å². The monoisotopic (exact) mass is 243 g/mol. The molecule has 1 heterocycles. The van der Waals surface area contributed by atoms with Crippen molar-refractivity contribution in [2.45, 2.75) is 33.6 Å². The molecule has 0 fully saturated rings. The third kappa shape index (κ3) is 3.71. The number of hydrogen-bond donors (Lipinski definition) is 0. The maximum atomic E-state index is 2.36. The topological polar surface area (TPSA) is 3.24 Å². The normalized spacial score (nSPS) is 17.7. The average Bonchev–Trinajstić information content (AvgIpc) is 2.29. The maximum absolute atomic E-state index is 2.36. The molecule has 0 unspecified atom stereocenters. The minimum absolute atomic E-state index is 0.369. The Balaban J connectivity index is 2.08. The fourth-order valence-electron chi connectivity index (χ4n) is 2.48. The van der Waals surface area contributed by atoms with Crippen LogP contribution in [0.2, 0.25) is 0 Å². The van der Waals surface area contributed by atoms with E-state index in [1.54, 1.807) is 0 Å². The predicted octanol–water partition coefficient (Wildman–Crippen LogP) is 3.99. The minimum Gasteiger partial charge on any atom is -0.302 e. The molecule has 0 aromatic heterocycles. The van der Waals surface area contributed by atoms with E-state index in [1.165, 1.54) is 29.7 Å². The van der Waals surface area contributed by atoms with Crippen LogP contribution in [0, 0.1) is 5.41 Å². The van der Waals surface area contributed by atoms with Gasteiger partial charge in [-0.05, 0) is 42.0 Å². The Kier molecular flexibility index (Phi) is 3.91. The van der Waals surface area contributed by atoms with E-state index in [2.05, 4.69) is 63.1 Å². The lowest BCUT2D eigenvalue weighted by atomic mass is 9.87. The molecule has 0 bridgehead atoms. The van der Waals surface area contributed by atoms with Gasteiger partial charge in [0.1, 0.15) is 0 Å². The first kappa shape index (κ1) is 13.4. The Morgan fingerprint density at radius 1 is 1.11 bits per heavy atom. The fraction of sp³-hybridized carbons (Fsp3) is 0.529. The van der Waals surface area contributed by atoms with Gasteiger partial charge in [-0.1, -0.05) is 51.1 Å². The lowest BCUT2D eigenvalue weighted by Crippen LogP contribution is -2.23. The van der Waals surface area contributed by atoms with Crippen LogP contribution in [-0.2, 0) is 6.42 Å². The van der Waals surface area contributed by atoms with Gasteiger partial charge in [0.05, 0.1) is 0 Å². The summed E-state index contributed by atoms with van der Waals surface area (Å²) in [6, 6.07) is 9.16. The quantitative estimate of drug-likeness (QED) is 0.759. The smallest absolute Gasteiger partial charge is 0.0166 e. The Morgan fingerprint density at radius 3 is 2.28 bits per heavy atom. The lowest BCUT2D eigenvalue weighted by Gasteiger charge is -2.22. The summed E-state index contributed by atoms with van der Waals surface area (Å²) in [5.41, 5.74) is 4.73. The van der Waals surface area contributed by atoms with Crippen molar-refractivity contribution in [3.8, 4) is 0 Å². The van der Waals surface area contributed by atoms with Crippen LogP contribution in [0.15, 0.2) is 30.3 Å². The standard InChI is InChI=1S/C17H25N/c1-17(2,3)13-14-5-7-15(8-6-14)16-9-11-18(4)12-10-16/h5-9H,10-13H2,1-4H3. The molecule has 0 radical (unpaired) electrons. The number of rotatable bonds is 2. The van der Waals surface area contributed by atoms with Gasteiger partial charge >= 0.3 is 0 Å². The minimum atomic E-state index is 0.369. The van der Waals surface area contributed by atoms with E-state index >= 15 is 0 Å². The van der Waals surface area contributed by atoms with Gasteiger partial charge < -0.3 is 4.90 Å². The van der Waals surface area contributed by atoms with Gasteiger partial charge in [0.15, 0.2) is 0 Å². The van der Waals surface area contributed by atoms with Gasteiger partial charge in [-0.25, -0.2) is 0 Å². The second-order valence-corrected chi connectivity index (χ2v) is 6.68. The summed E-state index contributed by atoms with van der Waals surface area (Å²) in [5, 5.41) is 0. The van der Waals surface area contributed by atoms with E-state index in [9.17, 15) is 0 Å². The van der Waals surface area contributed by atoms with Crippen LogP contribution in [0.1, 0.15) is 38.3 Å². The molecule has 0 atom stereocenters. The Morgan fingerprint density at radius 2 is 1.78 bits per heavy atom. The zero-order valence-corrected chi connectivity index (χ0v) is 12.2. The molecule has 1 heteroatoms. The van der Waals surface area contributed by atoms with Gasteiger partial charge in [-0.15, -0.1) is 0 Å². The van der Waals surface area contributed by atoms with Crippen molar-refractivity contribution in [2.75, 3.05) is 20.1 Å². The average molecular weight is 243 g/mol. The SMILES string of the molecule is CN1CC=C(c2ccc(CC(C)(C)C)cc2)CC1. The third-order valence-corrected chi connectivity index (χ3v) is 3.47. The van der Waals surface area contributed by atoms with Crippen molar-refractivity contribution in [1.29, 1.82) is 0 Å². The molecule has 1 aliphatic rings. The van der Waals surface area contributed by atoms with E-state index in [0.717, 1.165) is 13.0 Å². The summed E-state index contributed by atoms with van der Waals surface area (Å²) in [7, 11) is 2.18. The van der Waals surface area contributed by atoms with Crippen LogP contribution in [0.3, 0.4) is 0 Å². The Bertz CT molecular complexity index is 420. The van der Waals surface area contributed by atoms with Gasteiger partial charge in [0.2, 0.25) is 0 Å². The first-order chi connectivity index (χ1) is 8.44. The number of likely N-dealkylation sites (N-methyl/N-ethyl adjacent to an activating group) is 1. The van der Waals surface area contributed by atoms with Crippen LogP contribution in [0.25, 0.3) is 5.57 Å². The van der Waals surface area contributed by atoms with Crippen molar-refractivity contribution in [3.05, 3.63) is 41.5 Å². The summed E-state index contributed by atoms with van der Waals surface area (Å²) in [5.74, 6) is 0. The molecule has 0 saturated heterocycles. The second-order valence-electron chi connectivity index (χ2n) is 6.68. The molecule has 1 nitrogen and oxygen atoms in total. The molecule has 1 aliphatic heterocycles. The van der Waals surface area contributed by atoms with Gasteiger partial charge in [0.25, 0.3) is 0 Å². The number of hydrogen-bond acceptors (Lipinski definition) is 1. The van der Waals surface area contributed by atoms with E-state index < -0.39 is 0 Å². The molecule has 0 amide bonds. The van der Waals surface area contributed by atoms with Crippen LogP contribution in [0.4, 0.5) is 0 Å². The molecule has 18 heavy (non-hydrogen) atoms. The largest absolute Gasteiger partial charge is 0.302 e. The molecule has 0 aliphatic carbocycles. The van der Waals surface area contributed by atoms with Gasteiger partial charge in [-0.2, -0.15) is 0 Å². The zero-order valence-electron chi connectivity index (χ0n) is 12.2. The molecule has 0 N–H and O–H groups in total. The summed E-state index contributed by atoms with van der Waals surface area (Å²) >= 11 is 0. The first-order valence-electron chi connectivity index (χ1n) is 6.91. The van der Waals surface area contributed by atoms with E-state index in [1.807, 2.05) is 0 Å². The van der Waals surface area contributed by atoms with Crippen LogP contribution in [-0.4, -0.2) is 25.0 Å². The highest BCUT2D eigenvalue weighted by Gasteiger charge is 2.12. The second kappa shape index (κ2) is 5.27. The molecule has 0 spiro atoms. The summed E-state index contributed by atoms with van der Waals surface area (Å²) in [6.45, 7) is 9.13. The molecule has 2 rings (SSSR count). The maximum Gasteiger partial charge on any atom is 0.0166 e. The number of benzene rings is 1. The van der Waals surface area contributed by atoms with Crippen molar-refractivity contribution < 1.29 is 0 Å². The van der Waals surface area contributed by atoms with Crippen molar-refractivity contribution in [3.63, 3.8) is 0 Å². The van der Waals surface area contributed by atoms with E-state index in [0.29, 0.717) is 5.41 Å². The first-order valence-corrected chi connectivity index (χ1v) is 6.91. The van der Waals surface area contributed by atoms with E-state index in [-0.39, 0.29) is 0 Å². The van der Waals surface area contributed by atoms with E-state index in [4.69, 9.17) is 0 Å². The predicted molar refractivity (Wildman–Crippen MR) is 79.7 cm³/mol. The van der Waals surface area contributed by atoms with Crippen molar-refractivity contribution in [2.24, 2.45) is 5.41 Å². The summed E-state index contributed by atoms with van der Waals surface area (Å²) in [4.78, 5) is 2.36. The zero-order chi connectivity index (χ0) is 13.2. The molecule has 98 valence electrons. The molecular weight excluding hydrogens is 218 g/mol. The third-order valence-electron chi connectivity index (χ3n) is 3.47. The molecule has 0 saturated carbocycles. The summed E-state index contributed by atoms with van der Waals surface area (Å²) < 4.78 is 0. The van der Waals surface area contributed by atoms with Crippen LogP contribution >= 0.6 is 0 Å². The van der Waals surface area contributed by atoms with Crippen LogP contribution < -0.4 is 0 Å². The molecule has 1 aromatic rings. The highest BCUT2D eigenvalue weighted by Crippen LogP contribution is 2.25. The Labute approximate surface area is 112 Å². The Hall–Kier alpha value is -1.08. The highest BCUT2D eigenvalue weighted by atomic mass is 15.1. The lowest BCUT2D eigenvalue weighted by molar-refractivity contribution is 0.370. The van der Waals surface area contributed by atoms with Gasteiger partial charge in [-0.3, -0.25) is 0 Å².